The number of ether oxygens (including phenoxy) is 2. The van der Waals surface area contributed by atoms with Gasteiger partial charge in [0.05, 0.1) is 24.8 Å². The van der Waals surface area contributed by atoms with Crippen LogP contribution in [0.4, 0.5) is 0 Å². The van der Waals surface area contributed by atoms with Crippen LogP contribution in [-0.2, 0) is 9.53 Å². The normalized spacial score (nSPS) is 26.6. The van der Waals surface area contributed by atoms with Gasteiger partial charge in [-0.2, -0.15) is 0 Å². The molecule has 178 valence electrons. The number of amides is 2. The highest BCUT2D eigenvalue weighted by Gasteiger charge is 2.32. The van der Waals surface area contributed by atoms with Crippen molar-refractivity contribution < 1.29 is 19.1 Å². The van der Waals surface area contributed by atoms with Crippen LogP contribution in [0.25, 0.3) is 0 Å². The summed E-state index contributed by atoms with van der Waals surface area (Å²) in [6, 6.07) is 7.90. The average Bonchev–Trinajstić information content (AvgIpc) is 2.79. The van der Waals surface area contributed by atoms with Crippen LogP contribution in [0, 0.1) is 0 Å². The quantitative estimate of drug-likeness (QED) is 0.666. The minimum absolute atomic E-state index is 0.0506. The predicted octanol–water partition coefficient (Wildman–Crippen LogP) is 3.08. The van der Waals surface area contributed by atoms with E-state index < -0.39 is 0 Å². The van der Waals surface area contributed by atoms with Crippen molar-refractivity contribution in [2.24, 2.45) is 0 Å². The van der Waals surface area contributed by atoms with E-state index in [1.54, 1.807) is 26.4 Å². The van der Waals surface area contributed by atoms with Gasteiger partial charge in [0.2, 0.25) is 5.91 Å². The first-order valence-electron chi connectivity index (χ1n) is 11.9. The number of nitrogens with zero attached hydrogens (tertiary/aromatic N) is 2. The Kier molecular flexibility index (Phi) is 8.93. The van der Waals surface area contributed by atoms with Crippen molar-refractivity contribution in [2.75, 3.05) is 33.9 Å². The molecule has 3 rings (SSSR count). The predicted molar refractivity (Wildman–Crippen MR) is 125 cm³/mol. The molecule has 1 N–H and O–H groups in total. The first-order chi connectivity index (χ1) is 15.4. The molecule has 2 aliphatic heterocycles. The smallest absolute Gasteiger partial charge is 0.255 e. The van der Waals surface area contributed by atoms with Gasteiger partial charge in [-0.1, -0.05) is 12.1 Å². The molecule has 7 heteroatoms. The first kappa shape index (κ1) is 24.5. The molecule has 0 aromatic heterocycles. The SMILES string of the molecule is COc1ccccc1C(=O)NC1CCN(CCCC(=O)N2C(C)CCCC2C)CC1OC. The van der Waals surface area contributed by atoms with E-state index in [2.05, 4.69) is 29.0 Å². The number of hydrogen-bond donors (Lipinski definition) is 1. The largest absolute Gasteiger partial charge is 0.496 e. The number of likely N-dealkylation sites (tertiary alicyclic amines) is 2. The zero-order valence-corrected chi connectivity index (χ0v) is 20.0. The molecule has 0 saturated carbocycles. The molecule has 1 aromatic rings. The Hall–Kier alpha value is -2.12. The second kappa shape index (κ2) is 11.7. The Morgan fingerprint density at radius 3 is 2.50 bits per heavy atom. The van der Waals surface area contributed by atoms with Crippen LogP contribution in [0.15, 0.2) is 24.3 Å². The van der Waals surface area contributed by atoms with Crippen LogP contribution in [0.3, 0.4) is 0 Å². The maximum absolute atomic E-state index is 12.8. The second-order valence-electron chi connectivity index (χ2n) is 9.18. The Bertz CT molecular complexity index is 761. The fourth-order valence-electron chi connectivity index (χ4n) is 5.16. The van der Waals surface area contributed by atoms with Crippen molar-refractivity contribution in [1.29, 1.82) is 0 Å². The van der Waals surface area contributed by atoms with Crippen LogP contribution in [0.1, 0.15) is 62.7 Å². The van der Waals surface area contributed by atoms with Crippen LogP contribution in [-0.4, -0.2) is 79.7 Å². The number of piperidine rings is 2. The molecule has 4 atom stereocenters. The third-order valence-electron chi connectivity index (χ3n) is 6.96. The molecule has 0 spiro atoms. The van der Waals surface area contributed by atoms with Crippen molar-refractivity contribution in [2.45, 2.75) is 76.6 Å². The van der Waals surface area contributed by atoms with Gasteiger partial charge in [0.1, 0.15) is 5.75 Å². The zero-order valence-electron chi connectivity index (χ0n) is 20.0. The van der Waals surface area contributed by atoms with Gasteiger partial charge in [0.25, 0.3) is 5.91 Å². The Labute approximate surface area is 192 Å². The lowest BCUT2D eigenvalue weighted by atomic mass is 9.96. The minimum Gasteiger partial charge on any atom is -0.496 e. The maximum atomic E-state index is 12.8. The molecule has 32 heavy (non-hydrogen) atoms. The number of carbonyl (C=O) groups is 2. The Balaban J connectivity index is 1.47. The van der Waals surface area contributed by atoms with Gasteiger partial charge in [-0.25, -0.2) is 0 Å². The molecule has 2 saturated heterocycles. The molecule has 2 aliphatic rings. The summed E-state index contributed by atoms with van der Waals surface area (Å²) in [7, 11) is 3.26. The highest BCUT2D eigenvalue weighted by molar-refractivity contribution is 5.97. The monoisotopic (exact) mass is 445 g/mol. The van der Waals surface area contributed by atoms with Crippen LogP contribution in [0.5, 0.6) is 5.75 Å². The molecular weight excluding hydrogens is 406 g/mol. The molecule has 2 fully saturated rings. The average molecular weight is 446 g/mol. The maximum Gasteiger partial charge on any atom is 0.255 e. The summed E-state index contributed by atoms with van der Waals surface area (Å²) in [6.45, 7) is 6.83. The van der Waals surface area contributed by atoms with Crippen molar-refractivity contribution in [1.82, 2.24) is 15.1 Å². The van der Waals surface area contributed by atoms with E-state index >= 15 is 0 Å². The lowest BCUT2D eigenvalue weighted by Crippen LogP contribution is -2.55. The van der Waals surface area contributed by atoms with Crippen LogP contribution in [0.2, 0.25) is 0 Å². The Morgan fingerprint density at radius 1 is 1.09 bits per heavy atom. The van der Waals surface area contributed by atoms with E-state index in [1.165, 1.54) is 6.42 Å². The van der Waals surface area contributed by atoms with Crippen molar-refractivity contribution >= 4 is 11.8 Å². The number of nitrogens with one attached hydrogen (secondary N) is 1. The molecular formula is C25H39N3O4. The third kappa shape index (κ3) is 6.01. The van der Waals surface area contributed by atoms with Gasteiger partial charge in [-0.3, -0.25) is 9.59 Å². The van der Waals surface area contributed by atoms with Gasteiger partial charge in [0.15, 0.2) is 0 Å². The summed E-state index contributed by atoms with van der Waals surface area (Å²) in [5.41, 5.74) is 0.534. The molecule has 7 nitrogen and oxygen atoms in total. The lowest BCUT2D eigenvalue weighted by molar-refractivity contribution is -0.137. The van der Waals surface area contributed by atoms with Crippen molar-refractivity contribution in [3.63, 3.8) is 0 Å². The van der Waals surface area contributed by atoms with Gasteiger partial charge < -0.3 is 24.6 Å². The van der Waals surface area contributed by atoms with Gasteiger partial charge >= 0.3 is 0 Å². The highest BCUT2D eigenvalue weighted by Crippen LogP contribution is 2.24. The van der Waals surface area contributed by atoms with Gasteiger partial charge in [0, 0.05) is 38.7 Å². The molecule has 4 unspecified atom stereocenters. The van der Waals surface area contributed by atoms with Crippen LogP contribution >= 0.6 is 0 Å². The highest BCUT2D eigenvalue weighted by atomic mass is 16.5. The standard InChI is InChI=1S/C25H39N3O4/c1-18-9-7-10-19(2)28(18)24(29)13-8-15-27-16-14-21(23(17-27)32-4)26-25(30)20-11-5-6-12-22(20)31-3/h5-6,11-12,18-19,21,23H,7-10,13-17H2,1-4H3,(H,26,30). The summed E-state index contributed by atoms with van der Waals surface area (Å²) in [6.07, 6.45) is 5.61. The number of benzene rings is 1. The molecule has 0 aliphatic carbocycles. The number of hydrogen-bond acceptors (Lipinski definition) is 5. The summed E-state index contributed by atoms with van der Waals surface area (Å²) >= 11 is 0. The summed E-state index contributed by atoms with van der Waals surface area (Å²) < 4.78 is 11.0. The fourth-order valence-corrected chi connectivity index (χ4v) is 5.16. The van der Waals surface area contributed by atoms with E-state index in [4.69, 9.17) is 9.47 Å². The fraction of sp³-hybridized carbons (Fsp3) is 0.680. The minimum atomic E-state index is -0.140. The van der Waals surface area contributed by atoms with Crippen LogP contribution < -0.4 is 10.1 Å². The van der Waals surface area contributed by atoms with E-state index in [0.29, 0.717) is 29.8 Å². The second-order valence-corrected chi connectivity index (χ2v) is 9.18. The van der Waals surface area contributed by atoms with Gasteiger partial charge in [-0.05, 0) is 64.6 Å². The number of methoxy groups -OCH3 is 2. The van der Waals surface area contributed by atoms with E-state index in [-0.39, 0.29) is 24.0 Å². The summed E-state index contributed by atoms with van der Waals surface area (Å²) in [5, 5.41) is 3.13. The van der Waals surface area contributed by atoms with E-state index in [1.807, 2.05) is 12.1 Å². The van der Waals surface area contributed by atoms with E-state index in [0.717, 1.165) is 45.3 Å². The molecule has 0 bridgehead atoms. The van der Waals surface area contributed by atoms with Crippen molar-refractivity contribution in [3.05, 3.63) is 29.8 Å². The van der Waals surface area contributed by atoms with Gasteiger partial charge in [-0.15, -0.1) is 0 Å². The molecule has 2 amide bonds. The topological polar surface area (TPSA) is 71.1 Å². The summed E-state index contributed by atoms with van der Waals surface area (Å²) in [5.74, 6) is 0.712. The number of rotatable bonds is 8. The molecule has 2 heterocycles. The number of para-hydroxylation sites is 1. The summed E-state index contributed by atoms with van der Waals surface area (Å²) in [4.78, 5) is 30.0. The van der Waals surface area contributed by atoms with Crippen molar-refractivity contribution in [3.8, 4) is 5.75 Å². The van der Waals surface area contributed by atoms with E-state index in [9.17, 15) is 9.59 Å². The third-order valence-corrected chi connectivity index (χ3v) is 6.96. The molecule has 1 aromatic carbocycles. The lowest BCUT2D eigenvalue weighted by Gasteiger charge is -2.40. The number of carbonyl (C=O) groups excluding carboxylic acids is 2. The first-order valence-corrected chi connectivity index (χ1v) is 11.9. The molecule has 0 radical (unpaired) electrons. The zero-order chi connectivity index (χ0) is 23.1. The Morgan fingerprint density at radius 2 is 1.81 bits per heavy atom.